The van der Waals surface area contributed by atoms with E-state index in [-0.39, 0.29) is 34.8 Å². The molecule has 0 unspecified atom stereocenters. The van der Waals surface area contributed by atoms with Crippen molar-refractivity contribution in [1.82, 2.24) is 30.0 Å². The summed E-state index contributed by atoms with van der Waals surface area (Å²) >= 11 is 3.76. The molecule has 12 nitrogen and oxygen atoms in total. The van der Waals surface area contributed by atoms with Crippen molar-refractivity contribution in [2.24, 2.45) is 0 Å². The Morgan fingerprint density at radius 3 is 2.69 bits per heavy atom. The van der Waals surface area contributed by atoms with Gasteiger partial charge >= 0.3 is 17.1 Å². The van der Waals surface area contributed by atoms with Crippen LogP contribution >= 0.6 is 35.3 Å². The summed E-state index contributed by atoms with van der Waals surface area (Å²) in [5, 5.41) is 18.3. The highest BCUT2D eigenvalue weighted by Crippen LogP contribution is 2.41. The van der Waals surface area contributed by atoms with Gasteiger partial charge in [0, 0.05) is 35.3 Å². The molecular formula is C20H20N6O6S3. The number of carboxylic acids is 1. The van der Waals surface area contributed by atoms with Crippen LogP contribution in [0.2, 0.25) is 0 Å². The normalized spacial score (nSPS) is 19.2. The van der Waals surface area contributed by atoms with Crippen LogP contribution in [-0.2, 0) is 20.9 Å². The van der Waals surface area contributed by atoms with E-state index in [0.717, 1.165) is 16.7 Å². The molecule has 15 heteroatoms. The van der Waals surface area contributed by atoms with Crippen LogP contribution in [0.4, 0.5) is 0 Å². The van der Waals surface area contributed by atoms with Gasteiger partial charge in [-0.15, -0.1) is 28.6 Å². The Hall–Kier alpha value is -3.04. The number of hydrogen-bond donors (Lipinski definition) is 3. The van der Waals surface area contributed by atoms with E-state index in [2.05, 4.69) is 20.5 Å². The molecule has 35 heavy (non-hydrogen) atoms. The summed E-state index contributed by atoms with van der Waals surface area (Å²) in [6.07, 6.45) is 3.24. The van der Waals surface area contributed by atoms with E-state index in [1.165, 1.54) is 33.0 Å². The summed E-state index contributed by atoms with van der Waals surface area (Å²) in [6, 6.07) is 2.74. The topological polar surface area (TPSA) is 167 Å². The molecule has 0 spiro atoms. The van der Waals surface area contributed by atoms with E-state index in [1.807, 2.05) is 0 Å². The molecule has 184 valence electrons. The summed E-state index contributed by atoms with van der Waals surface area (Å²) < 4.78 is 1.20. The molecular weight excluding hydrogens is 516 g/mol. The minimum atomic E-state index is -1.25. The third-order valence-corrected chi connectivity index (χ3v) is 8.62. The minimum absolute atomic E-state index is 0.111. The zero-order valence-corrected chi connectivity index (χ0v) is 20.7. The van der Waals surface area contributed by atoms with Crippen molar-refractivity contribution in [3.05, 3.63) is 56.5 Å². The van der Waals surface area contributed by atoms with Gasteiger partial charge in [-0.3, -0.25) is 33.6 Å². The number of H-pyrrole nitrogens is 1. The maximum absolute atomic E-state index is 12.8. The van der Waals surface area contributed by atoms with Crippen LogP contribution in [0.3, 0.4) is 0 Å². The highest BCUT2D eigenvalue weighted by atomic mass is 32.2. The van der Waals surface area contributed by atoms with Crippen molar-refractivity contribution in [2.75, 3.05) is 17.3 Å². The molecule has 2 amide bonds. The number of pyridine rings is 1. The highest BCUT2D eigenvalue weighted by molar-refractivity contribution is 8.01. The third kappa shape index (κ3) is 5.16. The quantitative estimate of drug-likeness (QED) is 0.224. The second kappa shape index (κ2) is 10.7. The van der Waals surface area contributed by atoms with Crippen molar-refractivity contribution in [1.29, 1.82) is 0 Å². The fraction of sp³-hybridized carbons (Fsp3) is 0.350. The van der Waals surface area contributed by atoms with E-state index in [9.17, 15) is 29.1 Å². The first kappa shape index (κ1) is 25.1. The van der Waals surface area contributed by atoms with Crippen LogP contribution in [0, 0.1) is 0 Å². The Labute approximate surface area is 211 Å². The number of carbonyl (C=O) groups excluding carboxylic acids is 2. The Bertz CT molecular complexity index is 1310. The lowest BCUT2D eigenvalue weighted by molar-refractivity contribution is -0.150. The maximum Gasteiger partial charge on any atom is 0.352 e. The number of aromatic amines is 1. The summed E-state index contributed by atoms with van der Waals surface area (Å²) in [6.45, 7) is 1.92. The fourth-order valence-electron chi connectivity index (χ4n) is 3.55. The van der Waals surface area contributed by atoms with Gasteiger partial charge in [-0.1, -0.05) is 11.8 Å². The molecule has 1 saturated heterocycles. The van der Waals surface area contributed by atoms with Crippen LogP contribution in [0.25, 0.3) is 0 Å². The average Bonchev–Trinajstić information content (AvgIpc) is 2.86. The van der Waals surface area contributed by atoms with Crippen LogP contribution in [0.15, 0.2) is 55.4 Å². The number of amides is 2. The van der Waals surface area contributed by atoms with E-state index < -0.39 is 34.4 Å². The first-order valence-corrected chi connectivity index (χ1v) is 13.4. The standard InChI is InChI=1S/C20H20N6O6S3/c1-2-25-17(30)15(28)23-24-20(25)35-8-10-7-34-18-13(16(29)26(18)14(10)19(31)32)22-12(27)9-33-11-3-5-21-6-4-11/h3-6,13,18H,2,7-9H2,1H3,(H,22,27)(H,23,28)(H,31,32)/t13-,18-/m1/s1. The highest BCUT2D eigenvalue weighted by Gasteiger charge is 2.54. The van der Waals surface area contributed by atoms with Crippen LogP contribution in [0.5, 0.6) is 0 Å². The predicted molar refractivity (Wildman–Crippen MR) is 130 cm³/mol. The van der Waals surface area contributed by atoms with Crippen molar-refractivity contribution in [3.63, 3.8) is 0 Å². The fourth-order valence-corrected chi connectivity index (χ4v) is 6.74. The van der Waals surface area contributed by atoms with E-state index in [4.69, 9.17) is 0 Å². The van der Waals surface area contributed by atoms with Gasteiger partial charge in [0.05, 0.1) is 5.75 Å². The smallest absolute Gasteiger partial charge is 0.352 e. The number of nitrogens with zero attached hydrogens (tertiary/aromatic N) is 4. The van der Waals surface area contributed by atoms with Gasteiger partial charge in [-0.25, -0.2) is 9.89 Å². The molecule has 1 fully saturated rings. The second-order valence-corrected chi connectivity index (χ2v) is 10.5. The van der Waals surface area contributed by atoms with Gasteiger partial charge in [0.2, 0.25) is 5.91 Å². The molecule has 4 heterocycles. The first-order valence-electron chi connectivity index (χ1n) is 10.4. The van der Waals surface area contributed by atoms with Crippen molar-refractivity contribution >= 4 is 53.1 Å². The molecule has 2 aromatic rings. The Morgan fingerprint density at radius 2 is 2.00 bits per heavy atom. The van der Waals surface area contributed by atoms with E-state index in [0.29, 0.717) is 11.3 Å². The summed E-state index contributed by atoms with van der Waals surface area (Å²) in [5.41, 5.74) is -1.22. The van der Waals surface area contributed by atoms with Crippen molar-refractivity contribution in [2.45, 2.75) is 34.9 Å². The first-order chi connectivity index (χ1) is 16.8. The Kier molecular flexibility index (Phi) is 7.66. The number of thioether (sulfide) groups is 3. The van der Waals surface area contributed by atoms with Crippen molar-refractivity contribution < 1.29 is 19.5 Å². The summed E-state index contributed by atoms with van der Waals surface area (Å²) in [4.78, 5) is 66.7. The van der Waals surface area contributed by atoms with Gasteiger partial charge in [0.15, 0.2) is 5.16 Å². The Morgan fingerprint density at radius 1 is 1.26 bits per heavy atom. The average molecular weight is 537 g/mol. The lowest BCUT2D eigenvalue weighted by atomic mass is 10.0. The Balaban J connectivity index is 1.43. The summed E-state index contributed by atoms with van der Waals surface area (Å²) in [5.74, 6) is -1.48. The van der Waals surface area contributed by atoms with Gasteiger partial charge in [-0.2, -0.15) is 0 Å². The van der Waals surface area contributed by atoms with Crippen molar-refractivity contribution in [3.8, 4) is 0 Å². The molecule has 0 bridgehead atoms. The molecule has 2 aliphatic heterocycles. The number of nitrogens with one attached hydrogen (secondary N) is 2. The molecule has 3 N–H and O–H groups in total. The summed E-state index contributed by atoms with van der Waals surface area (Å²) in [7, 11) is 0. The minimum Gasteiger partial charge on any atom is -0.477 e. The van der Waals surface area contributed by atoms with Gasteiger partial charge < -0.3 is 10.4 Å². The van der Waals surface area contributed by atoms with Gasteiger partial charge in [0.1, 0.15) is 17.1 Å². The molecule has 0 saturated carbocycles. The zero-order valence-electron chi connectivity index (χ0n) is 18.3. The number of carboxylic acid groups (broad SMARTS) is 1. The van der Waals surface area contributed by atoms with E-state index in [1.54, 1.807) is 31.5 Å². The predicted octanol–water partition coefficient (Wildman–Crippen LogP) is -0.0305. The number of carbonyl (C=O) groups is 3. The molecule has 2 aliphatic rings. The SMILES string of the molecule is CCn1c(SCC2=C(C(=O)O)N3C(=O)[C@@H](NC(=O)CSc4ccncc4)[C@H]3SC2)n[nH]c(=O)c1=O. The number of rotatable bonds is 9. The molecule has 2 atom stereocenters. The lowest BCUT2D eigenvalue weighted by Gasteiger charge is -2.49. The number of aliphatic carboxylic acids is 1. The number of β-lactam (4-membered cyclic amide) rings is 1. The van der Waals surface area contributed by atoms with Crippen LogP contribution < -0.4 is 16.4 Å². The maximum atomic E-state index is 12.8. The number of aromatic nitrogens is 4. The monoisotopic (exact) mass is 536 g/mol. The molecule has 0 aliphatic carbocycles. The molecule has 0 radical (unpaired) electrons. The van der Waals surface area contributed by atoms with Crippen LogP contribution in [0.1, 0.15) is 6.92 Å². The molecule has 4 rings (SSSR count). The van der Waals surface area contributed by atoms with Gasteiger partial charge in [0.25, 0.3) is 5.91 Å². The largest absolute Gasteiger partial charge is 0.477 e. The van der Waals surface area contributed by atoms with Crippen LogP contribution in [-0.4, -0.2) is 76.2 Å². The second-order valence-electron chi connectivity index (χ2n) is 7.36. The number of hydrogen-bond acceptors (Lipinski definition) is 10. The lowest BCUT2D eigenvalue weighted by Crippen LogP contribution is -2.70. The van der Waals surface area contributed by atoms with E-state index >= 15 is 0 Å². The zero-order chi connectivity index (χ0) is 25.1. The molecule has 0 aromatic carbocycles. The van der Waals surface area contributed by atoms with Gasteiger partial charge in [-0.05, 0) is 24.6 Å². The molecule has 2 aromatic heterocycles. The third-order valence-electron chi connectivity index (χ3n) is 5.20. The number of fused-ring (bicyclic) bond motifs is 1.